The predicted molar refractivity (Wildman–Crippen MR) is 69.5 cm³/mol. The summed E-state index contributed by atoms with van der Waals surface area (Å²) in [6.07, 6.45) is 0.411. The number of aliphatic carboxylic acids is 1. The smallest absolute Gasteiger partial charge is 0.320 e. The van der Waals surface area contributed by atoms with E-state index in [1.165, 1.54) is 0 Å². The topological polar surface area (TPSA) is 63.6 Å². The molecule has 3 unspecified atom stereocenters. The van der Waals surface area contributed by atoms with Crippen molar-refractivity contribution < 1.29 is 19.0 Å². The number of rotatable bonds is 5. The van der Waals surface area contributed by atoms with Crippen LogP contribution in [0.25, 0.3) is 0 Å². The van der Waals surface area contributed by atoms with Crippen molar-refractivity contribution in [2.45, 2.75) is 25.4 Å². The van der Waals surface area contributed by atoms with Crippen molar-refractivity contribution in [2.75, 3.05) is 6.61 Å². The number of hydrogen-bond acceptors (Lipinski definition) is 3. The third-order valence-electron chi connectivity index (χ3n) is 3.58. The van der Waals surface area contributed by atoms with Crippen molar-refractivity contribution in [3.63, 3.8) is 0 Å². The summed E-state index contributed by atoms with van der Waals surface area (Å²) in [7, 11) is -3.38. The quantitative estimate of drug-likeness (QED) is 0.833. The van der Waals surface area contributed by atoms with Crippen LogP contribution in [-0.4, -0.2) is 22.8 Å². The molecule has 0 saturated heterocycles. The van der Waals surface area contributed by atoms with Crippen LogP contribution in [0.5, 0.6) is 0 Å². The second-order valence-electron chi connectivity index (χ2n) is 4.64. The minimum atomic E-state index is -3.38. The summed E-state index contributed by atoms with van der Waals surface area (Å²) in [6, 6.07) is 8.69. The maximum atomic E-state index is 13.1. The highest BCUT2D eigenvalue weighted by Crippen LogP contribution is 2.72. The summed E-state index contributed by atoms with van der Waals surface area (Å²) in [6.45, 7) is 3.79. The van der Waals surface area contributed by atoms with Gasteiger partial charge in [-0.15, -0.1) is 0 Å². The van der Waals surface area contributed by atoms with Gasteiger partial charge in [0.2, 0.25) is 7.37 Å². The van der Waals surface area contributed by atoms with Gasteiger partial charge in [-0.1, -0.05) is 25.1 Å². The average molecular weight is 268 g/mol. The highest BCUT2D eigenvalue weighted by Gasteiger charge is 2.70. The normalized spacial score (nSPS) is 29.6. The summed E-state index contributed by atoms with van der Waals surface area (Å²) in [5, 5.41) is 8.71. The average Bonchev–Trinajstić information content (AvgIpc) is 3.04. The number of carboxylic acids is 1. The van der Waals surface area contributed by atoms with Crippen molar-refractivity contribution in [1.82, 2.24) is 0 Å². The van der Waals surface area contributed by atoms with Crippen molar-refractivity contribution in [3.8, 4) is 0 Å². The molecule has 0 aliphatic heterocycles. The van der Waals surface area contributed by atoms with Gasteiger partial charge in [0.05, 0.1) is 6.61 Å². The molecule has 1 saturated carbocycles. The lowest BCUT2D eigenvalue weighted by Gasteiger charge is -2.25. The highest BCUT2D eigenvalue weighted by atomic mass is 31.2. The van der Waals surface area contributed by atoms with E-state index < -0.39 is 18.5 Å². The monoisotopic (exact) mass is 268 g/mol. The Bertz CT molecular complexity index is 499. The van der Waals surface area contributed by atoms with Crippen LogP contribution in [-0.2, 0) is 13.9 Å². The summed E-state index contributed by atoms with van der Waals surface area (Å²) in [5.74, 6) is -1.14. The Kier molecular flexibility index (Phi) is 3.35. The zero-order valence-corrected chi connectivity index (χ0v) is 11.4. The highest BCUT2D eigenvalue weighted by molar-refractivity contribution is 7.69. The lowest BCUT2D eigenvalue weighted by atomic mass is 10.3. The van der Waals surface area contributed by atoms with Crippen molar-refractivity contribution in [3.05, 3.63) is 30.3 Å². The first-order chi connectivity index (χ1) is 8.49. The van der Waals surface area contributed by atoms with Crippen LogP contribution in [0, 0.1) is 5.92 Å². The fraction of sp³-hybridized carbons (Fsp3) is 0.462. The number of hydrogen-bond donors (Lipinski definition) is 1. The second kappa shape index (κ2) is 4.52. The molecule has 1 aromatic carbocycles. The van der Waals surface area contributed by atoms with Crippen LogP contribution in [0.2, 0.25) is 0 Å². The first kappa shape index (κ1) is 13.3. The molecule has 0 spiro atoms. The van der Waals surface area contributed by atoms with E-state index in [2.05, 4.69) is 0 Å². The fourth-order valence-corrected chi connectivity index (χ4v) is 5.58. The molecule has 0 aromatic heterocycles. The molecule has 0 amide bonds. The Morgan fingerprint density at radius 2 is 2.06 bits per heavy atom. The van der Waals surface area contributed by atoms with Crippen LogP contribution in [0.3, 0.4) is 0 Å². The minimum Gasteiger partial charge on any atom is -0.480 e. The zero-order valence-electron chi connectivity index (χ0n) is 10.5. The molecule has 0 heterocycles. The third kappa shape index (κ3) is 1.72. The Morgan fingerprint density at radius 1 is 1.50 bits per heavy atom. The molecule has 1 fully saturated rings. The van der Waals surface area contributed by atoms with E-state index in [0.29, 0.717) is 11.7 Å². The molecule has 3 atom stereocenters. The fourth-order valence-electron chi connectivity index (χ4n) is 2.47. The summed E-state index contributed by atoms with van der Waals surface area (Å²) in [4.78, 5) is 11.5. The maximum absolute atomic E-state index is 13.1. The van der Waals surface area contributed by atoms with E-state index in [1.807, 2.05) is 13.0 Å². The first-order valence-electron chi connectivity index (χ1n) is 6.02. The van der Waals surface area contributed by atoms with Gasteiger partial charge in [-0.25, -0.2) is 0 Å². The van der Waals surface area contributed by atoms with Gasteiger partial charge < -0.3 is 9.63 Å². The number of benzene rings is 1. The summed E-state index contributed by atoms with van der Waals surface area (Å²) in [5.41, 5.74) is 0. The van der Waals surface area contributed by atoms with E-state index in [-0.39, 0.29) is 12.5 Å². The molecule has 1 aliphatic carbocycles. The van der Waals surface area contributed by atoms with Crippen molar-refractivity contribution in [1.29, 1.82) is 0 Å². The van der Waals surface area contributed by atoms with Crippen LogP contribution in [0.15, 0.2) is 30.3 Å². The van der Waals surface area contributed by atoms with E-state index in [0.717, 1.165) is 0 Å². The third-order valence-corrected chi connectivity index (χ3v) is 7.04. The molecule has 0 bridgehead atoms. The molecule has 5 heteroatoms. The van der Waals surface area contributed by atoms with Crippen LogP contribution >= 0.6 is 7.37 Å². The summed E-state index contributed by atoms with van der Waals surface area (Å²) < 4.78 is 18.6. The molecule has 98 valence electrons. The van der Waals surface area contributed by atoms with Gasteiger partial charge in [0, 0.05) is 5.30 Å². The lowest BCUT2D eigenvalue weighted by Crippen LogP contribution is -2.31. The second-order valence-corrected chi connectivity index (χ2v) is 7.31. The standard InChI is InChI=1S/C13H17O4P/c1-3-17-18(16,11-7-5-4-6-8-11)13(12(14)15)9-10(13)2/h4-8,10H,3,9H2,1-2H3,(H,14,15). The Morgan fingerprint density at radius 3 is 2.44 bits per heavy atom. The van der Waals surface area contributed by atoms with E-state index in [1.54, 1.807) is 31.2 Å². The molecule has 1 aromatic rings. The van der Waals surface area contributed by atoms with Gasteiger partial charge in [-0.2, -0.15) is 0 Å². The molecule has 0 radical (unpaired) electrons. The van der Waals surface area contributed by atoms with Gasteiger partial charge in [-0.05, 0) is 31.4 Å². The molecule has 4 nitrogen and oxygen atoms in total. The largest absolute Gasteiger partial charge is 0.480 e. The van der Waals surface area contributed by atoms with Crippen molar-refractivity contribution >= 4 is 18.6 Å². The number of carbonyl (C=O) groups is 1. The molecule has 1 N–H and O–H groups in total. The Labute approximate surface area is 106 Å². The predicted octanol–water partition coefficient (Wildman–Crippen LogP) is 2.49. The van der Waals surface area contributed by atoms with Crippen molar-refractivity contribution in [2.24, 2.45) is 5.92 Å². The molecular formula is C13H17O4P. The van der Waals surface area contributed by atoms with E-state index >= 15 is 0 Å². The lowest BCUT2D eigenvalue weighted by molar-refractivity contribution is -0.137. The van der Waals surface area contributed by atoms with Crippen LogP contribution < -0.4 is 5.30 Å². The molecule has 2 rings (SSSR count). The maximum Gasteiger partial charge on any atom is 0.320 e. The van der Waals surface area contributed by atoms with Gasteiger partial charge in [0.15, 0.2) is 5.16 Å². The van der Waals surface area contributed by atoms with Gasteiger partial charge >= 0.3 is 5.97 Å². The van der Waals surface area contributed by atoms with Gasteiger partial charge in [0.1, 0.15) is 0 Å². The Hall–Kier alpha value is -1.12. The van der Waals surface area contributed by atoms with Crippen LogP contribution in [0.4, 0.5) is 0 Å². The summed E-state index contributed by atoms with van der Waals surface area (Å²) >= 11 is 0. The minimum absolute atomic E-state index is 0.118. The first-order valence-corrected chi connectivity index (χ1v) is 7.65. The Balaban J connectivity index is 2.53. The number of carboxylic acid groups (broad SMARTS) is 1. The van der Waals surface area contributed by atoms with E-state index in [4.69, 9.17) is 4.52 Å². The van der Waals surface area contributed by atoms with Gasteiger partial charge in [-0.3, -0.25) is 9.36 Å². The SMILES string of the molecule is CCOP(=O)(c1ccccc1)C1(C(=O)O)CC1C. The molecule has 18 heavy (non-hydrogen) atoms. The molecular weight excluding hydrogens is 251 g/mol. The van der Waals surface area contributed by atoms with E-state index in [9.17, 15) is 14.5 Å². The van der Waals surface area contributed by atoms with Gasteiger partial charge in [0.25, 0.3) is 0 Å². The van der Waals surface area contributed by atoms with Crippen LogP contribution in [0.1, 0.15) is 20.3 Å². The molecule has 1 aliphatic rings. The zero-order chi connectivity index (χ0) is 13.4.